The van der Waals surface area contributed by atoms with Gasteiger partial charge in [-0.15, -0.1) is 0 Å². The Morgan fingerprint density at radius 2 is 2.00 bits per heavy atom. The highest BCUT2D eigenvalue weighted by Crippen LogP contribution is 2.25. The Labute approximate surface area is 139 Å². The molecule has 2 heterocycles. The average Bonchev–Trinajstić information content (AvgIpc) is 2.98. The number of fused-ring (bicyclic) bond motifs is 1. The number of hydrogen-bond acceptors (Lipinski definition) is 6. The lowest BCUT2D eigenvalue weighted by atomic mass is 10.2. The summed E-state index contributed by atoms with van der Waals surface area (Å²) < 4.78 is 1.15. The van der Waals surface area contributed by atoms with Crippen molar-refractivity contribution in [2.45, 2.75) is 6.42 Å². The van der Waals surface area contributed by atoms with Crippen LogP contribution in [-0.2, 0) is 0 Å². The summed E-state index contributed by atoms with van der Waals surface area (Å²) in [5.74, 6) is 0. The molecule has 0 saturated carbocycles. The molecular weight excluding hydrogens is 306 g/mol. The van der Waals surface area contributed by atoms with Crippen LogP contribution in [0.4, 0.5) is 5.13 Å². The second-order valence-corrected chi connectivity index (χ2v) is 6.46. The number of rotatable bonds is 6. The molecule has 0 fully saturated rings. The molecule has 3 rings (SSSR count). The smallest absolute Gasteiger partial charge is 0.204 e. The predicted molar refractivity (Wildman–Crippen MR) is 97.2 cm³/mol. The lowest BCUT2D eigenvalue weighted by Gasteiger charge is -2.11. The Morgan fingerprint density at radius 3 is 2.74 bits per heavy atom. The Bertz CT molecular complexity index is 762. The molecule has 6 heteroatoms. The quantitative estimate of drug-likeness (QED) is 0.557. The summed E-state index contributed by atoms with van der Waals surface area (Å²) in [5.41, 5.74) is 5.90. The van der Waals surface area contributed by atoms with E-state index in [1.165, 1.54) is 0 Å². The van der Waals surface area contributed by atoms with Crippen molar-refractivity contribution in [3.05, 3.63) is 54.4 Å². The van der Waals surface area contributed by atoms with E-state index < -0.39 is 0 Å². The monoisotopic (exact) mass is 325 g/mol. The van der Waals surface area contributed by atoms with E-state index in [0.717, 1.165) is 39.7 Å². The molecule has 0 aliphatic rings. The number of benzene rings is 1. The number of para-hydroxylation sites is 1. The summed E-state index contributed by atoms with van der Waals surface area (Å²) in [5, 5.41) is 5.35. The molecule has 23 heavy (non-hydrogen) atoms. The van der Waals surface area contributed by atoms with E-state index in [2.05, 4.69) is 45.6 Å². The van der Waals surface area contributed by atoms with Gasteiger partial charge in [-0.05, 0) is 38.4 Å². The highest BCUT2D eigenvalue weighted by Gasteiger charge is 2.07. The van der Waals surface area contributed by atoms with E-state index >= 15 is 0 Å². The molecule has 0 bridgehead atoms. The van der Waals surface area contributed by atoms with Crippen LogP contribution in [0, 0.1) is 0 Å². The van der Waals surface area contributed by atoms with Gasteiger partial charge in [0.2, 0.25) is 5.13 Å². The Kier molecular flexibility index (Phi) is 4.95. The van der Waals surface area contributed by atoms with Crippen molar-refractivity contribution >= 4 is 32.4 Å². The maximum atomic E-state index is 4.56. The average molecular weight is 325 g/mol. The molecule has 1 N–H and O–H groups in total. The van der Waals surface area contributed by atoms with Crippen LogP contribution >= 0.6 is 11.3 Å². The third kappa shape index (κ3) is 4.12. The van der Waals surface area contributed by atoms with Gasteiger partial charge in [-0.1, -0.05) is 29.5 Å². The zero-order valence-electron chi connectivity index (χ0n) is 13.2. The van der Waals surface area contributed by atoms with Crippen molar-refractivity contribution in [1.82, 2.24) is 14.9 Å². The van der Waals surface area contributed by atoms with Gasteiger partial charge in [0.1, 0.15) is 0 Å². The van der Waals surface area contributed by atoms with Crippen LogP contribution in [0.25, 0.3) is 10.2 Å². The van der Waals surface area contributed by atoms with Crippen LogP contribution in [0.1, 0.15) is 12.1 Å². The van der Waals surface area contributed by atoms with Crippen molar-refractivity contribution in [1.29, 1.82) is 0 Å². The number of nitrogens with one attached hydrogen (secondary N) is 1. The second-order valence-electron chi connectivity index (χ2n) is 5.43. The van der Waals surface area contributed by atoms with Gasteiger partial charge in [0, 0.05) is 19.2 Å². The van der Waals surface area contributed by atoms with Crippen molar-refractivity contribution < 1.29 is 0 Å². The van der Waals surface area contributed by atoms with E-state index in [1.54, 1.807) is 17.5 Å². The predicted octanol–water partition coefficient (Wildman–Crippen LogP) is 3.46. The van der Waals surface area contributed by atoms with E-state index in [1.807, 2.05) is 36.4 Å². The fraction of sp³-hybridized carbons (Fsp3) is 0.235. The Balaban J connectivity index is 1.82. The standard InChI is InChI=1S/C17H19N5S/c1-22(2)12-10-14(13-7-5-6-11-18-13)20-21-17-19-15-8-3-4-9-16(15)23-17/h3-9,11H,10,12H2,1-2H3,(H,19,21)/b20-14+. The molecule has 0 unspecified atom stereocenters. The highest BCUT2D eigenvalue weighted by molar-refractivity contribution is 7.22. The molecule has 2 aromatic heterocycles. The summed E-state index contributed by atoms with van der Waals surface area (Å²) >= 11 is 1.60. The number of hydrogen-bond donors (Lipinski definition) is 1. The number of nitrogens with zero attached hydrogens (tertiary/aromatic N) is 4. The number of anilines is 1. The van der Waals surface area contributed by atoms with Gasteiger partial charge in [-0.3, -0.25) is 10.4 Å². The van der Waals surface area contributed by atoms with Crippen LogP contribution in [-0.4, -0.2) is 41.2 Å². The van der Waals surface area contributed by atoms with Gasteiger partial charge in [0.15, 0.2) is 0 Å². The van der Waals surface area contributed by atoms with Gasteiger partial charge >= 0.3 is 0 Å². The summed E-state index contributed by atoms with van der Waals surface area (Å²) in [6, 6.07) is 13.9. The fourth-order valence-corrected chi connectivity index (χ4v) is 2.95. The molecule has 5 nitrogen and oxygen atoms in total. The van der Waals surface area contributed by atoms with E-state index in [-0.39, 0.29) is 0 Å². The zero-order valence-corrected chi connectivity index (χ0v) is 14.0. The summed E-state index contributed by atoms with van der Waals surface area (Å²) in [7, 11) is 4.11. The molecular formula is C17H19N5S. The lowest BCUT2D eigenvalue weighted by molar-refractivity contribution is 0.422. The minimum atomic E-state index is 0.796. The van der Waals surface area contributed by atoms with Gasteiger partial charge < -0.3 is 4.90 Å². The molecule has 3 aromatic rings. The van der Waals surface area contributed by atoms with Crippen LogP contribution < -0.4 is 5.43 Å². The molecule has 0 amide bonds. The van der Waals surface area contributed by atoms with Crippen molar-refractivity contribution in [3.8, 4) is 0 Å². The molecule has 118 valence electrons. The van der Waals surface area contributed by atoms with Crippen LogP contribution in [0.15, 0.2) is 53.8 Å². The summed E-state index contributed by atoms with van der Waals surface area (Å²) in [6.07, 6.45) is 2.61. The zero-order chi connectivity index (χ0) is 16.1. The SMILES string of the molecule is CN(C)CC/C(=N\Nc1nc2ccccc2s1)c1ccccn1. The first-order valence-electron chi connectivity index (χ1n) is 7.46. The number of pyridine rings is 1. The minimum absolute atomic E-state index is 0.796. The highest BCUT2D eigenvalue weighted by atomic mass is 32.1. The maximum absolute atomic E-state index is 4.56. The molecule has 0 atom stereocenters. The number of thiazole rings is 1. The van der Waals surface area contributed by atoms with E-state index in [0.29, 0.717) is 0 Å². The topological polar surface area (TPSA) is 53.4 Å². The third-order valence-electron chi connectivity index (χ3n) is 3.34. The van der Waals surface area contributed by atoms with Gasteiger partial charge in [-0.25, -0.2) is 4.98 Å². The van der Waals surface area contributed by atoms with Crippen molar-refractivity contribution in [2.75, 3.05) is 26.1 Å². The Hall–Kier alpha value is -2.31. The van der Waals surface area contributed by atoms with Crippen LogP contribution in [0.2, 0.25) is 0 Å². The molecule has 0 aliphatic carbocycles. The first kappa shape index (κ1) is 15.6. The fourth-order valence-electron chi connectivity index (χ4n) is 2.14. The normalized spacial score (nSPS) is 12.0. The molecule has 0 radical (unpaired) electrons. The van der Waals surface area contributed by atoms with Gasteiger partial charge in [0.05, 0.1) is 21.6 Å². The first-order valence-corrected chi connectivity index (χ1v) is 8.28. The molecule has 0 saturated heterocycles. The largest absolute Gasteiger partial charge is 0.309 e. The maximum Gasteiger partial charge on any atom is 0.204 e. The van der Waals surface area contributed by atoms with Gasteiger partial charge in [0.25, 0.3) is 0 Å². The van der Waals surface area contributed by atoms with Gasteiger partial charge in [-0.2, -0.15) is 5.10 Å². The number of aromatic nitrogens is 2. The van der Waals surface area contributed by atoms with E-state index in [9.17, 15) is 0 Å². The Morgan fingerprint density at radius 1 is 1.17 bits per heavy atom. The van der Waals surface area contributed by atoms with Crippen LogP contribution in [0.5, 0.6) is 0 Å². The molecule has 1 aromatic carbocycles. The summed E-state index contributed by atoms with van der Waals surface area (Å²) in [6.45, 7) is 0.914. The first-order chi connectivity index (χ1) is 11.2. The third-order valence-corrected chi connectivity index (χ3v) is 4.28. The summed E-state index contributed by atoms with van der Waals surface area (Å²) in [4.78, 5) is 11.1. The molecule has 0 spiro atoms. The molecule has 0 aliphatic heterocycles. The van der Waals surface area contributed by atoms with Crippen LogP contribution in [0.3, 0.4) is 0 Å². The minimum Gasteiger partial charge on any atom is -0.309 e. The number of hydrazone groups is 1. The van der Waals surface area contributed by atoms with E-state index in [4.69, 9.17) is 0 Å². The van der Waals surface area contributed by atoms with Crippen molar-refractivity contribution in [2.24, 2.45) is 5.10 Å². The lowest BCUT2D eigenvalue weighted by Crippen LogP contribution is -2.18. The van der Waals surface area contributed by atoms with Crippen molar-refractivity contribution in [3.63, 3.8) is 0 Å². The second kappa shape index (κ2) is 7.30.